The minimum atomic E-state index is -0.550. The van der Waals surface area contributed by atoms with Gasteiger partial charge in [-0.1, -0.05) is 13.8 Å². The highest BCUT2D eigenvalue weighted by molar-refractivity contribution is 7.17. The van der Waals surface area contributed by atoms with E-state index < -0.39 is 19.7 Å². The van der Waals surface area contributed by atoms with Crippen LogP contribution in [-0.2, 0) is 18.6 Å². The highest BCUT2D eigenvalue weighted by Crippen LogP contribution is 2.53. The van der Waals surface area contributed by atoms with E-state index in [9.17, 15) is 14.2 Å². The van der Waals surface area contributed by atoms with E-state index in [0.29, 0.717) is 12.1 Å². The molecule has 3 rings (SSSR count). The topological polar surface area (TPSA) is 142 Å². The molecule has 2 heterocycles. The normalized spacial score (nSPS) is 21.0. The Kier molecular flexibility index (Phi) is 4.88. The summed E-state index contributed by atoms with van der Waals surface area (Å²) >= 11 is 0. The Balaban J connectivity index is 1.87. The number of nitrogens with two attached hydrogens (primary N) is 1. The summed E-state index contributed by atoms with van der Waals surface area (Å²) in [5.74, 6) is -0.568. The van der Waals surface area contributed by atoms with Gasteiger partial charge in [0.1, 0.15) is 12.9 Å². The molecular weight excluding hydrogens is 361 g/mol. The monoisotopic (exact) mass is 379 g/mol. The number of anilines is 1. The van der Waals surface area contributed by atoms with Gasteiger partial charge in [-0.25, -0.2) is 9.55 Å². The van der Waals surface area contributed by atoms with Crippen LogP contribution in [-0.4, -0.2) is 38.7 Å². The van der Waals surface area contributed by atoms with E-state index in [4.69, 9.17) is 15.0 Å². The summed E-state index contributed by atoms with van der Waals surface area (Å²) in [5.41, 5.74) is 6.00. The molecule has 138 valence electrons. The summed E-state index contributed by atoms with van der Waals surface area (Å²) < 4.78 is 22.6. The zero-order valence-electron chi connectivity index (χ0n) is 14.3. The van der Waals surface area contributed by atoms with Crippen LogP contribution in [0.2, 0.25) is 0 Å². The standard InChI is InChI=1S/C15H18N5O5P/c1-8(2)13(22)24-5-15(6-25-26-23)3-9(15)4-20-7-17-10-11(20)18-14(16)19-12(10)21/h4,7-8H,3,5-6H2,1-2H3,(H3,16,18,19,21)/b9-4-. The van der Waals surface area contributed by atoms with Crippen molar-refractivity contribution in [3.05, 3.63) is 22.3 Å². The average Bonchev–Trinajstić information content (AvgIpc) is 3.11. The van der Waals surface area contributed by atoms with Gasteiger partial charge in [-0.05, 0) is 12.0 Å². The van der Waals surface area contributed by atoms with Gasteiger partial charge in [0, 0.05) is 6.20 Å². The molecule has 2 aromatic rings. The number of H-pyrrole nitrogens is 1. The zero-order chi connectivity index (χ0) is 18.9. The van der Waals surface area contributed by atoms with E-state index >= 15 is 0 Å². The summed E-state index contributed by atoms with van der Waals surface area (Å²) in [6, 6.07) is 0. The number of nitrogen functional groups attached to an aromatic ring is 1. The molecule has 0 radical (unpaired) electrons. The lowest BCUT2D eigenvalue weighted by Gasteiger charge is -2.14. The van der Waals surface area contributed by atoms with Crippen molar-refractivity contribution in [2.75, 3.05) is 18.9 Å². The third-order valence-corrected chi connectivity index (χ3v) is 4.42. The first-order valence-electron chi connectivity index (χ1n) is 7.91. The third kappa shape index (κ3) is 3.51. The van der Waals surface area contributed by atoms with Gasteiger partial charge in [0.25, 0.3) is 5.56 Å². The molecule has 1 aliphatic carbocycles. The molecule has 3 N–H and O–H groups in total. The second kappa shape index (κ2) is 6.97. The first kappa shape index (κ1) is 18.2. The maximum atomic E-state index is 11.8. The molecule has 0 saturated heterocycles. The molecule has 1 fully saturated rings. The minimum Gasteiger partial charge on any atom is -0.464 e. The first-order valence-corrected chi connectivity index (χ1v) is 8.64. The molecule has 0 bridgehead atoms. The zero-order valence-corrected chi connectivity index (χ0v) is 15.2. The lowest BCUT2D eigenvalue weighted by atomic mass is 10.1. The summed E-state index contributed by atoms with van der Waals surface area (Å²) in [6.07, 6.45) is 3.79. The number of aromatic nitrogens is 4. The van der Waals surface area contributed by atoms with E-state index in [1.165, 1.54) is 6.33 Å². The van der Waals surface area contributed by atoms with Gasteiger partial charge >= 0.3 is 14.7 Å². The molecule has 26 heavy (non-hydrogen) atoms. The van der Waals surface area contributed by atoms with Gasteiger partial charge in [-0.15, -0.1) is 0 Å². The summed E-state index contributed by atoms with van der Waals surface area (Å²) in [7, 11) is -0.443. The van der Waals surface area contributed by atoms with Crippen molar-refractivity contribution in [2.24, 2.45) is 11.3 Å². The lowest BCUT2D eigenvalue weighted by Crippen LogP contribution is -2.21. The number of ether oxygens (including phenoxy) is 1. The number of esters is 1. The SMILES string of the molecule is CC(C)C(=O)OCC1(COP=O)C/C1=C/n1cnc2c(=O)[nH]c(N)nc21. The number of carbonyl (C=O) groups excluding carboxylic acids is 1. The summed E-state index contributed by atoms with van der Waals surface area (Å²) in [5, 5.41) is 0. The number of carbonyl (C=O) groups is 1. The van der Waals surface area contributed by atoms with Crippen molar-refractivity contribution in [1.29, 1.82) is 0 Å². The Bertz CT molecular complexity index is 950. The first-order chi connectivity index (χ1) is 12.4. The van der Waals surface area contributed by atoms with E-state index in [2.05, 4.69) is 15.0 Å². The van der Waals surface area contributed by atoms with Gasteiger partial charge < -0.3 is 10.5 Å². The van der Waals surface area contributed by atoms with Crippen molar-refractivity contribution < 1.29 is 18.6 Å². The largest absolute Gasteiger partial charge is 0.464 e. The van der Waals surface area contributed by atoms with Gasteiger partial charge in [-0.2, -0.15) is 4.98 Å². The van der Waals surface area contributed by atoms with E-state index in [-0.39, 0.29) is 36.6 Å². The molecular formula is C15H18N5O5P. The Labute approximate surface area is 149 Å². The van der Waals surface area contributed by atoms with Gasteiger partial charge in [-0.3, -0.25) is 23.7 Å². The van der Waals surface area contributed by atoms with Crippen molar-refractivity contribution >= 4 is 38.0 Å². The van der Waals surface area contributed by atoms with Crippen molar-refractivity contribution in [3.8, 4) is 0 Å². The van der Waals surface area contributed by atoms with Gasteiger partial charge in [0.05, 0.1) is 17.9 Å². The summed E-state index contributed by atoms with van der Waals surface area (Å²) in [6.45, 7) is 3.75. The van der Waals surface area contributed by atoms with Crippen LogP contribution < -0.4 is 11.3 Å². The molecule has 1 atom stereocenters. The smallest absolute Gasteiger partial charge is 0.327 e. The number of hydrogen-bond acceptors (Lipinski definition) is 8. The minimum absolute atomic E-state index is 0.0101. The Morgan fingerprint density at radius 3 is 3.00 bits per heavy atom. The maximum Gasteiger partial charge on any atom is 0.327 e. The van der Waals surface area contributed by atoms with Crippen LogP contribution in [0.1, 0.15) is 20.3 Å². The number of fused-ring (bicyclic) bond motifs is 1. The van der Waals surface area contributed by atoms with Crippen LogP contribution in [0.5, 0.6) is 0 Å². The van der Waals surface area contributed by atoms with Gasteiger partial charge in [0.15, 0.2) is 11.2 Å². The third-order valence-electron chi connectivity index (χ3n) is 4.19. The van der Waals surface area contributed by atoms with E-state index in [1.807, 2.05) is 0 Å². The highest BCUT2D eigenvalue weighted by Gasteiger charge is 2.51. The molecule has 1 aliphatic rings. The van der Waals surface area contributed by atoms with Gasteiger partial charge in [0.2, 0.25) is 5.95 Å². The molecule has 2 aromatic heterocycles. The fraction of sp³-hybridized carbons (Fsp3) is 0.467. The van der Waals surface area contributed by atoms with E-state index in [1.54, 1.807) is 24.6 Å². The van der Waals surface area contributed by atoms with Crippen molar-refractivity contribution in [1.82, 2.24) is 19.5 Å². The number of imidazole rings is 1. The van der Waals surface area contributed by atoms with Crippen LogP contribution in [0.15, 0.2) is 16.7 Å². The number of nitrogens with one attached hydrogen (secondary N) is 1. The quantitative estimate of drug-likeness (QED) is 0.542. The number of aromatic amines is 1. The predicted molar refractivity (Wildman–Crippen MR) is 93.2 cm³/mol. The number of hydrogen-bond donors (Lipinski definition) is 2. The van der Waals surface area contributed by atoms with Crippen molar-refractivity contribution in [3.63, 3.8) is 0 Å². The maximum absolute atomic E-state index is 11.8. The second-order valence-electron chi connectivity index (χ2n) is 6.50. The summed E-state index contributed by atoms with van der Waals surface area (Å²) in [4.78, 5) is 34.1. The van der Waals surface area contributed by atoms with Crippen LogP contribution in [0, 0.1) is 11.3 Å². The van der Waals surface area contributed by atoms with Crippen LogP contribution in [0.4, 0.5) is 5.95 Å². The highest BCUT2D eigenvalue weighted by atomic mass is 31.1. The van der Waals surface area contributed by atoms with Crippen LogP contribution >= 0.6 is 8.69 Å². The number of rotatable bonds is 7. The Morgan fingerprint density at radius 1 is 1.54 bits per heavy atom. The van der Waals surface area contributed by atoms with Crippen LogP contribution in [0.3, 0.4) is 0 Å². The van der Waals surface area contributed by atoms with Crippen LogP contribution in [0.25, 0.3) is 17.4 Å². The molecule has 11 heteroatoms. The molecule has 10 nitrogen and oxygen atoms in total. The number of nitrogens with zero attached hydrogens (tertiary/aromatic N) is 3. The molecule has 0 aliphatic heterocycles. The van der Waals surface area contributed by atoms with E-state index in [0.717, 1.165) is 5.57 Å². The molecule has 1 unspecified atom stereocenters. The second-order valence-corrected chi connectivity index (χ2v) is 6.90. The Morgan fingerprint density at radius 2 is 2.31 bits per heavy atom. The molecule has 0 amide bonds. The van der Waals surface area contributed by atoms with Crippen molar-refractivity contribution in [2.45, 2.75) is 20.3 Å². The fourth-order valence-corrected chi connectivity index (χ4v) is 2.86. The predicted octanol–water partition coefficient (Wildman–Crippen LogP) is 1.36. The lowest BCUT2D eigenvalue weighted by molar-refractivity contribution is -0.149. The average molecular weight is 379 g/mol. The fourth-order valence-electron chi connectivity index (χ4n) is 2.56. The molecule has 0 spiro atoms. The Hall–Kier alpha value is -2.58. The molecule has 1 saturated carbocycles. The molecule has 0 aromatic carbocycles.